The highest BCUT2D eigenvalue weighted by Crippen LogP contribution is 2.29. The quantitative estimate of drug-likeness (QED) is 0.455. The highest BCUT2D eigenvalue weighted by Gasteiger charge is 2.19. The zero-order valence-corrected chi connectivity index (χ0v) is 18.2. The number of ether oxygens (including phenoxy) is 1. The van der Waals surface area contributed by atoms with Crippen LogP contribution in [-0.4, -0.2) is 40.0 Å². The smallest absolute Gasteiger partial charge is 0.277 e. The third-order valence-electron chi connectivity index (χ3n) is 5.14. The molecule has 9 heteroatoms. The van der Waals surface area contributed by atoms with Crippen molar-refractivity contribution >= 4 is 45.1 Å². The molecule has 0 bridgehead atoms. The Morgan fingerprint density at radius 1 is 1.19 bits per heavy atom. The van der Waals surface area contributed by atoms with E-state index in [1.165, 1.54) is 12.2 Å². The van der Waals surface area contributed by atoms with E-state index in [4.69, 9.17) is 26.9 Å². The Bertz CT molecular complexity index is 1290. The Labute approximate surface area is 184 Å². The maximum Gasteiger partial charge on any atom is 0.277 e. The summed E-state index contributed by atoms with van der Waals surface area (Å²) in [5, 5.41) is 7.73. The molecule has 0 unspecified atom stereocenters. The van der Waals surface area contributed by atoms with E-state index in [0.717, 1.165) is 21.9 Å². The fourth-order valence-corrected chi connectivity index (χ4v) is 3.77. The molecule has 0 aliphatic carbocycles. The minimum Gasteiger partial charge on any atom is -0.495 e. The topological polar surface area (TPSA) is 95.5 Å². The van der Waals surface area contributed by atoms with Crippen molar-refractivity contribution in [1.82, 2.24) is 19.8 Å². The number of hydrogen-bond acceptors (Lipinski definition) is 6. The van der Waals surface area contributed by atoms with Crippen LogP contribution in [-0.2, 0) is 17.9 Å². The van der Waals surface area contributed by atoms with E-state index < -0.39 is 0 Å². The molecular formula is C22H22ClN5O3. The number of pyridine rings is 1. The minimum absolute atomic E-state index is 0.225. The summed E-state index contributed by atoms with van der Waals surface area (Å²) in [5.41, 5.74) is 8.93. The molecule has 160 valence electrons. The van der Waals surface area contributed by atoms with Crippen molar-refractivity contribution in [3.63, 3.8) is 0 Å². The van der Waals surface area contributed by atoms with Crippen molar-refractivity contribution in [3.8, 4) is 5.75 Å². The van der Waals surface area contributed by atoms with E-state index in [2.05, 4.69) is 10.1 Å². The first kappa shape index (κ1) is 20.9. The van der Waals surface area contributed by atoms with Gasteiger partial charge in [-0.2, -0.15) is 5.10 Å². The van der Waals surface area contributed by atoms with Gasteiger partial charge in [-0.3, -0.25) is 14.3 Å². The highest BCUT2D eigenvalue weighted by molar-refractivity contribution is 6.32. The SMILES string of the molecule is CCn1ncc2c(N)nc3ccc(C(=O)N(Cc4ccc(Cl)c(OC)c4)OC)cc3c21. The fraction of sp³-hybridized carbons (Fsp3) is 0.227. The van der Waals surface area contributed by atoms with Gasteiger partial charge in [0.15, 0.2) is 0 Å². The van der Waals surface area contributed by atoms with Gasteiger partial charge in [0.25, 0.3) is 5.91 Å². The normalized spacial score (nSPS) is 11.2. The van der Waals surface area contributed by atoms with E-state index >= 15 is 0 Å². The van der Waals surface area contributed by atoms with Crippen LogP contribution >= 0.6 is 11.6 Å². The molecule has 2 aromatic carbocycles. The van der Waals surface area contributed by atoms with E-state index in [1.807, 2.05) is 17.7 Å². The highest BCUT2D eigenvalue weighted by atomic mass is 35.5. The molecule has 1 amide bonds. The van der Waals surface area contributed by atoms with Gasteiger partial charge in [0, 0.05) is 17.5 Å². The number of amides is 1. The first-order valence-corrected chi connectivity index (χ1v) is 10.1. The van der Waals surface area contributed by atoms with Crippen LogP contribution < -0.4 is 10.5 Å². The van der Waals surface area contributed by atoms with Crippen LogP contribution in [0.5, 0.6) is 5.75 Å². The van der Waals surface area contributed by atoms with E-state index in [0.29, 0.717) is 34.2 Å². The average Bonchev–Trinajstić information content (AvgIpc) is 3.23. The molecule has 2 N–H and O–H groups in total. The van der Waals surface area contributed by atoms with Gasteiger partial charge >= 0.3 is 0 Å². The second-order valence-corrected chi connectivity index (χ2v) is 7.35. The Balaban J connectivity index is 1.73. The van der Waals surface area contributed by atoms with Crippen LogP contribution in [0.25, 0.3) is 21.8 Å². The number of nitrogens with zero attached hydrogens (tertiary/aromatic N) is 4. The molecule has 0 fully saturated rings. The summed E-state index contributed by atoms with van der Waals surface area (Å²) in [7, 11) is 3.00. The maximum absolute atomic E-state index is 13.2. The van der Waals surface area contributed by atoms with Gasteiger partial charge in [-0.05, 0) is 42.8 Å². The summed E-state index contributed by atoms with van der Waals surface area (Å²) >= 11 is 6.10. The Morgan fingerprint density at radius 3 is 2.71 bits per heavy atom. The van der Waals surface area contributed by atoms with Gasteiger partial charge in [-0.1, -0.05) is 17.7 Å². The number of nitrogens with two attached hydrogens (primary N) is 1. The largest absolute Gasteiger partial charge is 0.495 e. The summed E-state index contributed by atoms with van der Waals surface area (Å²) in [5.74, 6) is 0.662. The Hall–Kier alpha value is -3.36. The van der Waals surface area contributed by atoms with Gasteiger partial charge in [0.05, 0.1) is 48.4 Å². The molecule has 0 spiro atoms. The summed E-state index contributed by atoms with van der Waals surface area (Å²) in [4.78, 5) is 23.1. The van der Waals surface area contributed by atoms with Crippen molar-refractivity contribution in [2.75, 3.05) is 20.0 Å². The number of anilines is 1. The van der Waals surface area contributed by atoms with E-state index in [9.17, 15) is 4.79 Å². The molecule has 0 saturated heterocycles. The van der Waals surface area contributed by atoms with Crippen molar-refractivity contribution in [2.45, 2.75) is 20.0 Å². The number of carbonyl (C=O) groups is 1. The van der Waals surface area contributed by atoms with Crippen LogP contribution in [0.4, 0.5) is 5.82 Å². The molecule has 2 aromatic heterocycles. The van der Waals surface area contributed by atoms with Crippen molar-refractivity contribution in [1.29, 1.82) is 0 Å². The van der Waals surface area contributed by atoms with Crippen LogP contribution in [0.15, 0.2) is 42.6 Å². The number of nitrogen functional groups attached to an aromatic ring is 1. The fourth-order valence-electron chi connectivity index (χ4n) is 3.57. The number of hydrogen-bond donors (Lipinski definition) is 1. The number of carbonyl (C=O) groups excluding carboxylic acids is 1. The van der Waals surface area contributed by atoms with Crippen molar-refractivity contribution in [3.05, 3.63) is 58.7 Å². The molecule has 0 saturated carbocycles. The molecular weight excluding hydrogens is 418 g/mol. The standard InChI is InChI=1S/C22H22ClN5O3/c1-4-27-20-15-10-14(6-8-18(15)26-21(24)16(20)11-25-27)22(29)28(31-3)12-13-5-7-17(23)19(9-13)30-2/h5-11H,4,12H2,1-3H3,(H2,24,26). The molecule has 0 radical (unpaired) electrons. The first-order chi connectivity index (χ1) is 15.0. The van der Waals surface area contributed by atoms with E-state index in [1.54, 1.807) is 43.6 Å². The van der Waals surface area contributed by atoms with Crippen molar-refractivity contribution < 1.29 is 14.4 Å². The van der Waals surface area contributed by atoms with Gasteiger partial charge in [-0.15, -0.1) is 0 Å². The molecule has 31 heavy (non-hydrogen) atoms. The number of aryl methyl sites for hydroxylation is 1. The lowest BCUT2D eigenvalue weighted by molar-refractivity contribution is -0.102. The summed E-state index contributed by atoms with van der Waals surface area (Å²) < 4.78 is 7.10. The third-order valence-corrected chi connectivity index (χ3v) is 5.46. The molecule has 4 rings (SSSR count). The first-order valence-electron chi connectivity index (χ1n) is 9.70. The number of fused-ring (bicyclic) bond motifs is 3. The number of methoxy groups -OCH3 is 1. The lowest BCUT2D eigenvalue weighted by atomic mass is 10.1. The Kier molecular flexibility index (Phi) is 5.67. The molecule has 0 atom stereocenters. The predicted molar refractivity (Wildman–Crippen MR) is 120 cm³/mol. The number of rotatable bonds is 6. The zero-order chi connectivity index (χ0) is 22.1. The zero-order valence-electron chi connectivity index (χ0n) is 17.4. The summed E-state index contributed by atoms with van der Waals surface area (Å²) in [6.45, 7) is 2.89. The second kappa shape index (κ2) is 8.41. The number of aromatic nitrogens is 3. The Morgan fingerprint density at radius 2 is 2.00 bits per heavy atom. The van der Waals surface area contributed by atoms with Crippen molar-refractivity contribution in [2.24, 2.45) is 0 Å². The van der Waals surface area contributed by atoms with Gasteiger partial charge in [0.2, 0.25) is 0 Å². The maximum atomic E-state index is 13.2. The number of benzene rings is 2. The van der Waals surface area contributed by atoms with Crippen LogP contribution in [0.1, 0.15) is 22.8 Å². The van der Waals surface area contributed by atoms with Crippen LogP contribution in [0.2, 0.25) is 5.02 Å². The van der Waals surface area contributed by atoms with E-state index in [-0.39, 0.29) is 12.5 Å². The average molecular weight is 440 g/mol. The third kappa shape index (κ3) is 3.75. The van der Waals surface area contributed by atoms with Crippen LogP contribution in [0.3, 0.4) is 0 Å². The molecule has 8 nitrogen and oxygen atoms in total. The number of hydroxylamine groups is 2. The lowest BCUT2D eigenvalue weighted by Crippen LogP contribution is -2.29. The minimum atomic E-state index is -0.286. The monoisotopic (exact) mass is 439 g/mol. The molecule has 4 aromatic rings. The predicted octanol–water partition coefficient (Wildman–Crippen LogP) is 4.05. The van der Waals surface area contributed by atoms with Gasteiger partial charge in [0.1, 0.15) is 11.6 Å². The van der Waals surface area contributed by atoms with Crippen LogP contribution in [0, 0.1) is 0 Å². The van der Waals surface area contributed by atoms with Gasteiger partial charge in [-0.25, -0.2) is 10.0 Å². The van der Waals surface area contributed by atoms with Gasteiger partial charge < -0.3 is 10.5 Å². The second-order valence-electron chi connectivity index (χ2n) is 6.94. The summed E-state index contributed by atoms with van der Waals surface area (Å²) in [6.07, 6.45) is 1.70. The molecule has 0 aliphatic rings. The number of halogens is 1. The summed E-state index contributed by atoms with van der Waals surface area (Å²) in [6, 6.07) is 10.6. The molecule has 0 aliphatic heterocycles. The molecule has 2 heterocycles. The lowest BCUT2D eigenvalue weighted by Gasteiger charge is -2.20.